The summed E-state index contributed by atoms with van der Waals surface area (Å²) in [6, 6.07) is 0. The van der Waals surface area contributed by atoms with Crippen LogP contribution in [0.3, 0.4) is 0 Å². The molecule has 0 amide bonds. The molecule has 0 spiro atoms. The Kier molecular flexibility index (Phi) is 4.92. The van der Waals surface area contributed by atoms with Crippen molar-refractivity contribution in [3.05, 3.63) is 0 Å². The molecule has 0 radical (unpaired) electrons. The van der Waals surface area contributed by atoms with Crippen LogP contribution < -0.4 is 4.72 Å². The average molecular weight is 295 g/mol. The Morgan fingerprint density at radius 1 is 1.00 bits per heavy atom. The molecule has 1 saturated carbocycles. The van der Waals surface area contributed by atoms with Crippen LogP contribution in [-0.4, -0.2) is 37.2 Å². The fraction of sp³-hybridized carbons (Fsp3) is 1.00. The van der Waals surface area contributed by atoms with E-state index in [2.05, 4.69) is 4.72 Å². The molecule has 1 saturated heterocycles. The Hall–Kier alpha value is 0.160. The van der Waals surface area contributed by atoms with E-state index in [9.17, 15) is 8.42 Å². The smallest absolute Gasteiger partial charge is 0.195 e. The largest absolute Gasteiger partial charge is 0.279 e. The van der Waals surface area contributed by atoms with Gasteiger partial charge in [-0.25, -0.2) is 0 Å². The minimum atomic E-state index is -3.35. The fourth-order valence-corrected chi connectivity index (χ4v) is 5.04. The van der Waals surface area contributed by atoms with Crippen molar-refractivity contribution in [2.45, 2.75) is 56.9 Å². The van der Waals surface area contributed by atoms with Crippen LogP contribution >= 0.6 is 11.6 Å². The van der Waals surface area contributed by atoms with E-state index < -0.39 is 15.7 Å². The van der Waals surface area contributed by atoms with Gasteiger partial charge >= 0.3 is 0 Å². The van der Waals surface area contributed by atoms with Gasteiger partial charge in [-0.3, -0.25) is 0 Å². The van der Waals surface area contributed by atoms with Crippen molar-refractivity contribution in [2.75, 3.05) is 19.0 Å². The second-order valence-electron chi connectivity index (χ2n) is 5.54. The third kappa shape index (κ3) is 3.38. The maximum Gasteiger partial charge on any atom is 0.279 e. The quantitative estimate of drug-likeness (QED) is 0.809. The lowest BCUT2D eigenvalue weighted by Gasteiger charge is -2.38. The maximum atomic E-state index is 12.4. The lowest BCUT2D eigenvalue weighted by molar-refractivity contribution is 0.278. The van der Waals surface area contributed by atoms with Gasteiger partial charge in [0.15, 0.2) is 0 Å². The minimum absolute atomic E-state index is 0.375. The van der Waals surface area contributed by atoms with Crippen LogP contribution in [0.1, 0.15) is 51.4 Å². The molecule has 1 heterocycles. The predicted molar refractivity (Wildman–Crippen MR) is 74.0 cm³/mol. The number of rotatable bonds is 4. The van der Waals surface area contributed by atoms with Crippen LogP contribution in [0, 0.1) is 0 Å². The summed E-state index contributed by atoms with van der Waals surface area (Å²) in [6.45, 7) is 1.29. The van der Waals surface area contributed by atoms with Gasteiger partial charge in [-0.05, 0) is 25.7 Å². The van der Waals surface area contributed by atoms with E-state index in [4.69, 9.17) is 11.6 Å². The van der Waals surface area contributed by atoms with Crippen molar-refractivity contribution >= 4 is 21.8 Å². The monoisotopic (exact) mass is 294 g/mol. The summed E-state index contributed by atoms with van der Waals surface area (Å²) < 4.78 is 29.2. The lowest BCUT2D eigenvalue weighted by atomic mass is 9.84. The Morgan fingerprint density at radius 3 is 2.11 bits per heavy atom. The zero-order chi connectivity index (χ0) is 13.1. The molecule has 2 fully saturated rings. The molecule has 0 atom stereocenters. The first-order chi connectivity index (χ1) is 8.58. The molecule has 1 aliphatic carbocycles. The first-order valence-corrected chi connectivity index (χ1v) is 8.90. The van der Waals surface area contributed by atoms with E-state index in [1.807, 2.05) is 0 Å². The van der Waals surface area contributed by atoms with Gasteiger partial charge in [0.25, 0.3) is 10.2 Å². The second-order valence-corrected chi connectivity index (χ2v) is 7.48. The molecule has 106 valence electrons. The average Bonchev–Trinajstić information content (AvgIpc) is 2.40. The molecule has 0 aromatic rings. The molecule has 4 nitrogen and oxygen atoms in total. The first-order valence-electron chi connectivity index (χ1n) is 6.93. The molecule has 1 aliphatic heterocycles. The fourth-order valence-electron chi connectivity index (χ4n) is 2.93. The number of nitrogens with zero attached hydrogens (tertiary/aromatic N) is 1. The first kappa shape index (κ1) is 14.6. The van der Waals surface area contributed by atoms with Crippen LogP contribution in [-0.2, 0) is 10.2 Å². The van der Waals surface area contributed by atoms with Gasteiger partial charge < -0.3 is 0 Å². The summed E-state index contributed by atoms with van der Waals surface area (Å²) in [5, 5.41) is 0. The van der Waals surface area contributed by atoms with Crippen molar-refractivity contribution < 1.29 is 8.42 Å². The number of nitrogens with one attached hydrogen (secondary N) is 1. The van der Waals surface area contributed by atoms with E-state index in [0.29, 0.717) is 19.0 Å². The highest BCUT2D eigenvalue weighted by Gasteiger charge is 2.37. The zero-order valence-corrected chi connectivity index (χ0v) is 12.4. The minimum Gasteiger partial charge on any atom is -0.195 e. The van der Waals surface area contributed by atoms with Gasteiger partial charge in [-0.1, -0.05) is 25.7 Å². The zero-order valence-electron chi connectivity index (χ0n) is 10.8. The van der Waals surface area contributed by atoms with Crippen LogP contribution in [0.15, 0.2) is 0 Å². The van der Waals surface area contributed by atoms with Crippen molar-refractivity contribution in [3.8, 4) is 0 Å². The lowest BCUT2D eigenvalue weighted by Crippen LogP contribution is -2.56. The van der Waals surface area contributed by atoms with Crippen LogP contribution in [0.2, 0.25) is 0 Å². The molecule has 0 aromatic heterocycles. The molecule has 2 aliphatic rings. The topological polar surface area (TPSA) is 49.4 Å². The number of alkyl halides is 1. The molecule has 2 rings (SSSR count). The molecular formula is C12H23ClN2O2S. The van der Waals surface area contributed by atoms with E-state index in [0.717, 1.165) is 44.9 Å². The van der Waals surface area contributed by atoms with Gasteiger partial charge in [-0.2, -0.15) is 17.4 Å². The van der Waals surface area contributed by atoms with Gasteiger partial charge in [0.2, 0.25) is 0 Å². The number of piperidine rings is 1. The Labute approximate surface area is 115 Å². The highest BCUT2D eigenvalue weighted by Crippen LogP contribution is 2.30. The number of hydrogen-bond donors (Lipinski definition) is 1. The second kappa shape index (κ2) is 6.07. The van der Waals surface area contributed by atoms with Gasteiger partial charge in [0.1, 0.15) is 0 Å². The molecule has 18 heavy (non-hydrogen) atoms. The molecule has 0 unspecified atom stereocenters. The van der Waals surface area contributed by atoms with Crippen molar-refractivity contribution in [2.24, 2.45) is 0 Å². The normalized spacial score (nSPS) is 26.1. The summed E-state index contributed by atoms with van der Waals surface area (Å²) in [7, 11) is -3.35. The highest BCUT2D eigenvalue weighted by atomic mass is 35.5. The van der Waals surface area contributed by atoms with E-state index in [1.165, 1.54) is 6.42 Å². The van der Waals surface area contributed by atoms with Crippen molar-refractivity contribution in [1.82, 2.24) is 9.03 Å². The molecule has 1 N–H and O–H groups in total. The Morgan fingerprint density at radius 2 is 1.56 bits per heavy atom. The summed E-state index contributed by atoms with van der Waals surface area (Å²) in [4.78, 5) is 0. The van der Waals surface area contributed by atoms with Gasteiger partial charge in [-0.15, -0.1) is 11.6 Å². The summed E-state index contributed by atoms with van der Waals surface area (Å²) in [5.41, 5.74) is -0.407. The van der Waals surface area contributed by atoms with Crippen LogP contribution in [0.5, 0.6) is 0 Å². The van der Waals surface area contributed by atoms with Crippen molar-refractivity contribution in [3.63, 3.8) is 0 Å². The third-order valence-corrected chi connectivity index (χ3v) is 6.31. The highest BCUT2D eigenvalue weighted by molar-refractivity contribution is 7.87. The van der Waals surface area contributed by atoms with Gasteiger partial charge in [0.05, 0.1) is 0 Å². The van der Waals surface area contributed by atoms with Crippen LogP contribution in [0.4, 0.5) is 0 Å². The molecule has 0 bridgehead atoms. The third-order valence-electron chi connectivity index (χ3n) is 4.07. The maximum absolute atomic E-state index is 12.4. The predicted octanol–water partition coefficient (Wildman–Crippen LogP) is 2.25. The van der Waals surface area contributed by atoms with Crippen LogP contribution in [0.25, 0.3) is 0 Å². The summed E-state index contributed by atoms with van der Waals surface area (Å²) in [6.07, 6.45) is 8.11. The van der Waals surface area contributed by atoms with Gasteiger partial charge in [0, 0.05) is 24.5 Å². The summed E-state index contributed by atoms with van der Waals surface area (Å²) >= 11 is 6.04. The summed E-state index contributed by atoms with van der Waals surface area (Å²) in [5.74, 6) is 0.375. The Balaban J connectivity index is 2.05. The molecule has 6 heteroatoms. The molecular weight excluding hydrogens is 272 g/mol. The number of halogens is 1. The van der Waals surface area contributed by atoms with E-state index in [-0.39, 0.29) is 0 Å². The van der Waals surface area contributed by atoms with E-state index in [1.54, 1.807) is 4.31 Å². The van der Waals surface area contributed by atoms with Crippen molar-refractivity contribution in [1.29, 1.82) is 0 Å². The number of hydrogen-bond acceptors (Lipinski definition) is 2. The standard InChI is InChI=1S/C12H23ClN2O2S/c13-11-12(7-3-1-4-8-12)14-18(16,17)15-9-5-2-6-10-15/h14H,1-11H2. The molecule has 0 aromatic carbocycles. The SMILES string of the molecule is O=S(=O)(NC1(CCl)CCCCC1)N1CCCCC1. The van der Waals surface area contributed by atoms with E-state index >= 15 is 0 Å². The Bertz CT molecular complexity index is 360.